The van der Waals surface area contributed by atoms with Crippen LogP contribution in [0.25, 0.3) is 0 Å². The molecule has 0 aliphatic carbocycles. The summed E-state index contributed by atoms with van der Waals surface area (Å²) in [5.74, 6) is -0.693. The summed E-state index contributed by atoms with van der Waals surface area (Å²) < 4.78 is 38.3. The zero-order valence-corrected chi connectivity index (χ0v) is 12.1. The fourth-order valence-electron chi connectivity index (χ4n) is 1.78. The van der Waals surface area contributed by atoms with E-state index in [4.69, 9.17) is 11.6 Å². The SMILES string of the molecule is CNc1ccc(C(F)(F)F)cc1NC(=O)c1ncccc1Cl. The fraction of sp³-hybridized carbons (Fsp3) is 0.143. The number of pyridine rings is 1. The number of nitrogens with zero attached hydrogens (tertiary/aromatic N) is 1. The van der Waals surface area contributed by atoms with Gasteiger partial charge in [0.05, 0.1) is 22.0 Å². The highest BCUT2D eigenvalue weighted by Crippen LogP contribution is 2.34. The molecule has 1 amide bonds. The minimum atomic E-state index is -4.51. The van der Waals surface area contributed by atoms with Crippen LogP contribution in [0.1, 0.15) is 16.1 Å². The number of nitrogens with one attached hydrogen (secondary N) is 2. The molecule has 8 heteroatoms. The highest BCUT2D eigenvalue weighted by molar-refractivity contribution is 6.34. The molecule has 0 aliphatic rings. The quantitative estimate of drug-likeness (QED) is 0.893. The van der Waals surface area contributed by atoms with Gasteiger partial charge in [-0.25, -0.2) is 4.98 Å². The molecule has 0 saturated carbocycles. The van der Waals surface area contributed by atoms with Crippen molar-refractivity contribution < 1.29 is 18.0 Å². The van der Waals surface area contributed by atoms with E-state index in [0.717, 1.165) is 12.1 Å². The van der Waals surface area contributed by atoms with Crippen LogP contribution >= 0.6 is 11.6 Å². The molecule has 1 heterocycles. The number of rotatable bonds is 3. The maximum absolute atomic E-state index is 12.8. The molecule has 2 rings (SSSR count). The van der Waals surface area contributed by atoms with E-state index in [1.807, 2.05) is 0 Å². The van der Waals surface area contributed by atoms with Crippen molar-refractivity contribution in [1.82, 2.24) is 4.98 Å². The number of hydrogen-bond acceptors (Lipinski definition) is 3. The minimum Gasteiger partial charge on any atom is -0.386 e. The Bertz CT molecular complexity index is 704. The Hall–Kier alpha value is -2.28. The summed E-state index contributed by atoms with van der Waals surface area (Å²) in [4.78, 5) is 15.9. The van der Waals surface area contributed by atoms with E-state index < -0.39 is 17.6 Å². The van der Waals surface area contributed by atoms with Gasteiger partial charge < -0.3 is 10.6 Å². The number of carbonyl (C=O) groups excluding carboxylic acids is 1. The summed E-state index contributed by atoms with van der Waals surface area (Å²) in [6.07, 6.45) is -3.14. The standard InChI is InChI=1S/C14H11ClF3N3O/c1-19-10-5-4-8(14(16,17)18)7-11(10)21-13(22)12-9(15)3-2-6-20-12/h2-7,19H,1H3,(H,21,22). The Morgan fingerprint density at radius 2 is 1.95 bits per heavy atom. The third-order valence-electron chi connectivity index (χ3n) is 2.84. The molecule has 4 nitrogen and oxygen atoms in total. The molecule has 0 saturated heterocycles. The molecule has 0 fully saturated rings. The van der Waals surface area contributed by atoms with Gasteiger partial charge >= 0.3 is 6.18 Å². The van der Waals surface area contributed by atoms with E-state index in [2.05, 4.69) is 15.6 Å². The summed E-state index contributed by atoms with van der Waals surface area (Å²) in [5.41, 5.74) is -0.602. The van der Waals surface area contributed by atoms with Gasteiger partial charge in [0.25, 0.3) is 5.91 Å². The summed E-state index contributed by atoms with van der Waals surface area (Å²) in [5, 5.41) is 5.20. The highest BCUT2D eigenvalue weighted by Gasteiger charge is 2.31. The average Bonchev–Trinajstić information content (AvgIpc) is 2.46. The normalized spacial score (nSPS) is 11.1. The maximum Gasteiger partial charge on any atom is 0.416 e. The van der Waals surface area contributed by atoms with E-state index in [1.54, 1.807) is 6.07 Å². The van der Waals surface area contributed by atoms with Gasteiger partial charge in [-0.3, -0.25) is 4.79 Å². The lowest BCUT2D eigenvalue weighted by atomic mass is 10.1. The molecule has 0 aliphatic heterocycles. The van der Waals surface area contributed by atoms with Crippen molar-refractivity contribution in [2.45, 2.75) is 6.18 Å². The first-order chi connectivity index (χ1) is 10.3. The Morgan fingerprint density at radius 3 is 2.55 bits per heavy atom. The molecule has 116 valence electrons. The van der Waals surface area contributed by atoms with Crippen molar-refractivity contribution in [2.24, 2.45) is 0 Å². The van der Waals surface area contributed by atoms with Gasteiger partial charge in [-0.15, -0.1) is 0 Å². The van der Waals surface area contributed by atoms with Crippen molar-refractivity contribution in [3.8, 4) is 0 Å². The van der Waals surface area contributed by atoms with Crippen molar-refractivity contribution in [1.29, 1.82) is 0 Å². The summed E-state index contributed by atoms with van der Waals surface area (Å²) in [6.45, 7) is 0. The van der Waals surface area contributed by atoms with Gasteiger partial charge in [0, 0.05) is 13.2 Å². The second kappa shape index (κ2) is 6.23. The number of alkyl halides is 3. The van der Waals surface area contributed by atoms with Gasteiger partial charge in [0.1, 0.15) is 5.69 Å². The minimum absolute atomic E-state index is 0.0101. The topological polar surface area (TPSA) is 54.0 Å². The summed E-state index contributed by atoms with van der Waals surface area (Å²) in [7, 11) is 1.53. The van der Waals surface area contributed by atoms with Crippen molar-refractivity contribution in [3.05, 3.63) is 52.8 Å². The number of aromatic nitrogens is 1. The lowest BCUT2D eigenvalue weighted by Gasteiger charge is -2.14. The van der Waals surface area contributed by atoms with Gasteiger partial charge in [-0.05, 0) is 30.3 Å². The zero-order valence-electron chi connectivity index (χ0n) is 11.3. The number of amides is 1. The molecule has 0 unspecified atom stereocenters. The van der Waals surface area contributed by atoms with E-state index >= 15 is 0 Å². The predicted molar refractivity (Wildman–Crippen MR) is 78.2 cm³/mol. The van der Waals surface area contributed by atoms with Crippen molar-refractivity contribution in [3.63, 3.8) is 0 Å². The third kappa shape index (κ3) is 3.48. The van der Waals surface area contributed by atoms with Crippen LogP contribution < -0.4 is 10.6 Å². The summed E-state index contributed by atoms with van der Waals surface area (Å²) in [6, 6.07) is 6.02. The number of benzene rings is 1. The van der Waals surface area contributed by atoms with Crippen LogP contribution in [0.4, 0.5) is 24.5 Å². The van der Waals surface area contributed by atoms with Crippen molar-refractivity contribution >= 4 is 28.9 Å². The lowest BCUT2D eigenvalue weighted by Crippen LogP contribution is -2.16. The molecule has 0 bridgehead atoms. The van der Waals surface area contributed by atoms with Crippen LogP contribution in [0, 0.1) is 0 Å². The van der Waals surface area contributed by atoms with E-state index in [9.17, 15) is 18.0 Å². The van der Waals surface area contributed by atoms with Crippen LogP contribution in [0.5, 0.6) is 0 Å². The first kappa shape index (κ1) is 16.1. The average molecular weight is 330 g/mol. The molecule has 2 aromatic rings. The monoisotopic (exact) mass is 329 g/mol. The molecule has 1 aromatic carbocycles. The lowest BCUT2D eigenvalue weighted by molar-refractivity contribution is -0.137. The number of halogens is 4. The molecule has 1 aromatic heterocycles. The molecule has 0 atom stereocenters. The highest BCUT2D eigenvalue weighted by atomic mass is 35.5. The zero-order chi connectivity index (χ0) is 16.3. The van der Waals surface area contributed by atoms with E-state index in [0.29, 0.717) is 5.69 Å². The molecule has 0 radical (unpaired) electrons. The summed E-state index contributed by atoms with van der Waals surface area (Å²) >= 11 is 5.84. The molecular weight excluding hydrogens is 319 g/mol. The first-order valence-corrected chi connectivity index (χ1v) is 6.51. The van der Waals surface area contributed by atoms with Crippen LogP contribution in [-0.2, 0) is 6.18 Å². The van der Waals surface area contributed by atoms with Gasteiger partial charge in [0.15, 0.2) is 0 Å². The smallest absolute Gasteiger partial charge is 0.386 e. The number of hydrogen-bond donors (Lipinski definition) is 2. The van der Waals surface area contributed by atoms with Gasteiger partial charge in [-0.2, -0.15) is 13.2 Å². The second-order valence-corrected chi connectivity index (χ2v) is 4.70. The van der Waals surface area contributed by atoms with Gasteiger partial charge in [0.2, 0.25) is 0 Å². The second-order valence-electron chi connectivity index (χ2n) is 4.30. The molecule has 0 spiro atoms. The molecule has 2 N–H and O–H groups in total. The van der Waals surface area contributed by atoms with E-state index in [-0.39, 0.29) is 16.4 Å². The maximum atomic E-state index is 12.8. The first-order valence-electron chi connectivity index (χ1n) is 6.14. The Morgan fingerprint density at radius 1 is 1.23 bits per heavy atom. The van der Waals surface area contributed by atoms with Crippen LogP contribution in [0.3, 0.4) is 0 Å². The molecular formula is C14H11ClF3N3O. The van der Waals surface area contributed by atoms with Gasteiger partial charge in [-0.1, -0.05) is 11.6 Å². The number of carbonyl (C=O) groups is 1. The van der Waals surface area contributed by atoms with Crippen LogP contribution in [0.2, 0.25) is 5.02 Å². The van der Waals surface area contributed by atoms with Crippen molar-refractivity contribution in [2.75, 3.05) is 17.7 Å². The Kier molecular flexibility index (Phi) is 4.56. The largest absolute Gasteiger partial charge is 0.416 e. The Balaban J connectivity index is 2.36. The van der Waals surface area contributed by atoms with E-state index in [1.165, 1.54) is 25.4 Å². The molecule has 22 heavy (non-hydrogen) atoms. The van der Waals surface area contributed by atoms with Crippen LogP contribution in [-0.4, -0.2) is 17.9 Å². The predicted octanol–water partition coefficient (Wildman–Crippen LogP) is 4.05. The fourth-order valence-corrected chi connectivity index (χ4v) is 1.98. The van der Waals surface area contributed by atoms with Crippen LogP contribution in [0.15, 0.2) is 36.5 Å². The number of anilines is 2. The Labute approximate surface area is 129 Å². The third-order valence-corrected chi connectivity index (χ3v) is 3.14.